The minimum absolute atomic E-state index is 0.0648. The van der Waals surface area contributed by atoms with Gasteiger partial charge < -0.3 is 19.7 Å². The number of amides is 2. The van der Waals surface area contributed by atoms with E-state index in [1.54, 1.807) is 19.1 Å². The molecule has 148 valence electrons. The van der Waals surface area contributed by atoms with Crippen molar-refractivity contribution in [2.75, 3.05) is 32.2 Å². The number of carbonyl (C=O) groups is 2. The zero-order valence-corrected chi connectivity index (χ0v) is 16.5. The third-order valence-electron chi connectivity index (χ3n) is 5.00. The molecule has 0 bridgehead atoms. The van der Waals surface area contributed by atoms with E-state index in [1.165, 1.54) is 0 Å². The lowest BCUT2D eigenvalue weighted by molar-refractivity contribution is -0.126. The molecule has 1 heterocycles. The van der Waals surface area contributed by atoms with Gasteiger partial charge in [0.05, 0.1) is 25.8 Å². The average molecular weight is 382 g/mol. The second kappa shape index (κ2) is 8.78. The lowest BCUT2D eigenvalue weighted by Gasteiger charge is -2.19. The summed E-state index contributed by atoms with van der Waals surface area (Å²) >= 11 is 0. The van der Waals surface area contributed by atoms with Crippen LogP contribution in [-0.2, 0) is 16.0 Å². The summed E-state index contributed by atoms with van der Waals surface area (Å²) in [5.41, 5.74) is 2.91. The smallest absolute Gasteiger partial charge is 0.227 e. The maximum absolute atomic E-state index is 12.6. The van der Waals surface area contributed by atoms with Gasteiger partial charge in [-0.2, -0.15) is 0 Å². The molecule has 1 saturated heterocycles. The summed E-state index contributed by atoms with van der Waals surface area (Å²) in [6.07, 6.45) is 0.880. The van der Waals surface area contributed by atoms with Gasteiger partial charge in [0.2, 0.25) is 11.8 Å². The molecule has 0 aromatic heterocycles. The molecule has 6 heteroatoms. The maximum atomic E-state index is 12.6. The molecule has 0 radical (unpaired) electrons. The predicted octanol–water partition coefficient (Wildman–Crippen LogP) is 2.72. The van der Waals surface area contributed by atoms with Gasteiger partial charge in [0.1, 0.15) is 11.5 Å². The zero-order chi connectivity index (χ0) is 20.1. The van der Waals surface area contributed by atoms with Crippen LogP contribution in [0.15, 0.2) is 42.5 Å². The van der Waals surface area contributed by atoms with E-state index in [0.29, 0.717) is 30.9 Å². The largest absolute Gasteiger partial charge is 0.496 e. The molecule has 0 aliphatic carbocycles. The van der Waals surface area contributed by atoms with Crippen LogP contribution in [0.3, 0.4) is 0 Å². The van der Waals surface area contributed by atoms with Gasteiger partial charge >= 0.3 is 0 Å². The normalized spacial score (nSPS) is 16.2. The van der Waals surface area contributed by atoms with Crippen LogP contribution in [0.1, 0.15) is 17.5 Å². The minimum Gasteiger partial charge on any atom is -0.496 e. The number of rotatable bonds is 7. The summed E-state index contributed by atoms with van der Waals surface area (Å²) in [4.78, 5) is 26.7. The van der Waals surface area contributed by atoms with Crippen LogP contribution in [0, 0.1) is 12.8 Å². The van der Waals surface area contributed by atoms with Crippen molar-refractivity contribution in [2.45, 2.75) is 19.8 Å². The fourth-order valence-electron chi connectivity index (χ4n) is 3.54. The van der Waals surface area contributed by atoms with Crippen LogP contribution in [0.5, 0.6) is 11.5 Å². The van der Waals surface area contributed by atoms with Crippen LogP contribution < -0.4 is 19.7 Å². The highest BCUT2D eigenvalue weighted by atomic mass is 16.5. The van der Waals surface area contributed by atoms with Crippen LogP contribution in [0.4, 0.5) is 5.69 Å². The molecule has 2 aromatic rings. The highest BCUT2D eigenvalue weighted by molar-refractivity contribution is 6.01. The van der Waals surface area contributed by atoms with Gasteiger partial charge in [0.25, 0.3) is 0 Å². The molecule has 1 fully saturated rings. The molecule has 1 N–H and O–H groups in total. The topological polar surface area (TPSA) is 67.9 Å². The Kier molecular flexibility index (Phi) is 6.19. The monoisotopic (exact) mass is 382 g/mol. The molecule has 2 aromatic carbocycles. The first-order chi connectivity index (χ1) is 13.5. The Labute approximate surface area is 165 Å². The Balaban J connectivity index is 1.59. The lowest BCUT2D eigenvalue weighted by atomic mass is 10.1. The van der Waals surface area contributed by atoms with Crippen molar-refractivity contribution < 1.29 is 19.1 Å². The van der Waals surface area contributed by atoms with Gasteiger partial charge in [0.15, 0.2) is 0 Å². The van der Waals surface area contributed by atoms with E-state index in [2.05, 4.69) is 11.4 Å². The van der Waals surface area contributed by atoms with Gasteiger partial charge in [-0.15, -0.1) is 0 Å². The maximum Gasteiger partial charge on any atom is 0.227 e. The number of hydrogen-bond acceptors (Lipinski definition) is 4. The van der Waals surface area contributed by atoms with Gasteiger partial charge in [-0.1, -0.05) is 29.8 Å². The second-order valence-electron chi connectivity index (χ2n) is 6.93. The number of hydrogen-bond donors (Lipinski definition) is 1. The van der Waals surface area contributed by atoms with Crippen LogP contribution >= 0.6 is 0 Å². The summed E-state index contributed by atoms with van der Waals surface area (Å²) < 4.78 is 10.7. The molecule has 0 saturated carbocycles. The van der Waals surface area contributed by atoms with Crippen molar-refractivity contribution in [3.63, 3.8) is 0 Å². The molecule has 0 spiro atoms. The number of aryl methyl sites for hydroxylation is 1. The number of methoxy groups -OCH3 is 2. The number of anilines is 1. The lowest BCUT2D eigenvalue weighted by Crippen LogP contribution is -2.34. The number of ether oxygens (including phenoxy) is 2. The number of nitrogens with zero attached hydrogens (tertiary/aromatic N) is 1. The van der Waals surface area contributed by atoms with Gasteiger partial charge in [0, 0.05) is 19.5 Å². The van der Waals surface area contributed by atoms with Crippen LogP contribution in [0.25, 0.3) is 0 Å². The van der Waals surface area contributed by atoms with E-state index in [4.69, 9.17) is 9.47 Å². The first-order valence-electron chi connectivity index (χ1n) is 9.38. The summed E-state index contributed by atoms with van der Waals surface area (Å²) in [7, 11) is 3.21. The third kappa shape index (κ3) is 4.27. The highest BCUT2D eigenvalue weighted by Crippen LogP contribution is 2.32. The van der Waals surface area contributed by atoms with E-state index in [-0.39, 0.29) is 24.2 Å². The van der Waals surface area contributed by atoms with Gasteiger partial charge in [-0.25, -0.2) is 0 Å². The number of nitrogens with one attached hydrogen (secondary N) is 1. The molecule has 2 amide bonds. The van der Waals surface area contributed by atoms with E-state index >= 15 is 0 Å². The van der Waals surface area contributed by atoms with Crippen LogP contribution in [-0.4, -0.2) is 39.1 Å². The second-order valence-corrected chi connectivity index (χ2v) is 6.93. The predicted molar refractivity (Wildman–Crippen MR) is 108 cm³/mol. The molecule has 1 atom stereocenters. The molecule has 1 unspecified atom stereocenters. The first kappa shape index (κ1) is 19.7. The van der Waals surface area contributed by atoms with Crippen molar-refractivity contribution in [3.8, 4) is 11.5 Å². The number of carbonyl (C=O) groups excluding carboxylic acids is 2. The highest BCUT2D eigenvalue weighted by Gasteiger charge is 2.36. The number of para-hydroxylation sites is 2. The van der Waals surface area contributed by atoms with Crippen molar-refractivity contribution in [1.82, 2.24) is 5.32 Å². The van der Waals surface area contributed by atoms with Crippen molar-refractivity contribution in [1.29, 1.82) is 0 Å². The fourth-order valence-corrected chi connectivity index (χ4v) is 3.54. The third-order valence-corrected chi connectivity index (χ3v) is 5.00. The molecule has 1 aliphatic rings. The van der Waals surface area contributed by atoms with Crippen LogP contribution in [0.2, 0.25) is 0 Å². The van der Waals surface area contributed by atoms with E-state index in [1.807, 2.05) is 43.3 Å². The van der Waals surface area contributed by atoms with E-state index in [9.17, 15) is 9.59 Å². The number of benzene rings is 2. The Morgan fingerprint density at radius 1 is 1.14 bits per heavy atom. The van der Waals surface area contributed by atoms with Gasteiger partial charge in [-0.05, 0) is 37.1 Å². The quantitative estimate of drug-likeness (QED) is 0.800. The van der Waals surface area contributed by atoms with E-state index < -0.39 is 0 Å². The molecular formula is C22H26N2O4. The molecule has 6 nitrogen and oxygen atoms in total. The van der Waals surface area contributed by atoms with Crippen molar-refractivity contribution >= 4 is 17.5 Å². The molecule has 3 rings (SSSR count). The Bertz CT molecular complexity index is 865. The molecule has 28 heavy (non-hydrogen) atoms. The van der Waals surface area contributed by atoms with Crippen molar-refractivity contribution in [2.24, 2.45) is 5.92 Å². The zero-order valence-electron chi connectivity index (χ0n) is 16.5. The molecule has 1 aliphatic heterocycles. The summed E-state index contributed by atoms with van der Waals surface area (Å²) in [6, 6.07) is 13.4. The first-order valence-corrected chi connectivity index (χ1v) is 9.38. The minimum atomic E-state index is -0.364. The van der Waals surface area contributed by atoms with Gasteiger partial charge in [-0.3, -0.25) is 9.59 Å². The Morgan fingerprint density at radius 3 is 2.64 bits per heavy atom. The van der Waals surface area contributed by atoms with E-state index in [0.717, 1.165) is 16.9 Å². The summed E-state index contributed by atoms with van der Waals surface area (Å²) in [6.45, 7) is 2.88. The Morgan fingerprint density at radius 2 is 1.89 bits per heavy atom. The molecular weight excluding hydrogens is 356 g/mol. The Hall–Kier alpha value is -3.02. The SMILES string of the molecule is COc1ccc(C)cc1CCNC(=O)C1CC(=O)N(c2ccccc2OC)C1. The average Bonchev–Trinajstić information content (AvgIpc) is 3.09. The standard InChI is InChI=1S/C22H26N2O4/c1-15-8-9-19(27-2)16(12-15)10-11-23-22(26)17-13-21(25)24(14-17)18-6-4-5-7-20(18)28-3/h4-9,12,17H,10-11,13-14H2,1-3H3,(H,23,26). The fraction of sp³-hybridized carbons (Fsp3) is 0.364. The summed E-state index contributed by atoms with van der Waals surface area (Å²) in [5, 5.41) is 2.96. The van der Waals surface area contributed by atoms with Crippen molar-refractivity contribution in [3.05, 3.63) is 53.6 Å². The summed E-state index contributed by atoms with van der Waals surface area (Å²) in [5.74, 6) is 0.917.